The Hall–Kier alpha value is -2.30. The lowest BCUT2D eigenvalue weighted by Gasteiger charge is -2.11. The number of hydrogen-bond acceptors (Lipinski definition) is 3. The van der Waals surface area contributed by atoms with Crippen molar-refractivity contribution in [3.8, 4) is 5.75 Å². The van der Waals surface area contributed by atoms with Crippen LogP contribution in [0, 0.1) is 0 Å². The summed E-state index contributed by atoms with van der Waals surface area (Å²) >= 11 is 0. The topological polar surface area (TPSA) is 56.1 Å². The zero-order chi connectivity index (χ0) is 15.4. The van der Waals surface area contributed by atoms with Gasteiger partial charge >= 0.3 is 0 Å². The molecule has 3 rings (SSSR count). The van der Waals surface area contributed by atoms with Crippen LogP contribution in [0.15, 0.2) is 30.5 Å². The molecule has 0 bridgehead atoms. The third-order valence-electron chi connectivity index (χ3n) is 3.80. The number of nitrogens with one attached hydrogen (secondary N) is 1. The van der Waals surface area contributed by atoms with Gasteiger partial charge in [0.25, 0.3) is 5.91 Å². The molecule has 22 heavy (non-hydrogen) atoms. The number of carbonyl (C=O) groups excluding carboxylic acids is 1. The van der Waals surface area contributed by atoms with Crippen molar-refractivity contribution < 1.29 is 9.53 Å². The lowest BCUT2D eigenvalue weighted by Crippen LogP contribution is -2.23. The number of rotatable bonds is 5. The van der Waals surface area contributed by atoms with Gasteiger partial charge < -0.3 is 14.6 Å². The van der Waals surface area contributed by atoms with E-state index in [1.54, 1.807) is 0 Å². The summed E-state index contributed by atoms with van der Waals surface area (Å²) in [7, 11) is 0. The van der Waals surface area contributed by atoms with E-state index >= 15 is 0 Å². The van der Waals surface area contributed by atoms with Crippen LogP contribution in [0.5, 0.6) is 5.75 Å². The van der Waals surface area contributed by atoms with Gasteiger partial charge in [0.05, 0.1) is 6.61 Å². The van der Waals surface area contributed by atoms with Gasteiger partial charge in [0, 0.05) is 25.7 Å². The summed E-state index contributed by atoms with van der Waals surface area (Å²) < 4.78 is 7.56. The highest BCUT2D eigenvalue weighted by molar-refractivity contribution is 5.92. The Kier molecular flexibility index (Phi) is 4.42. The van der Waals surface area contributed by atoms with Crippen molar-refractivity contribution in [1.29, 1.82) is 0 Å². The van der Waals surface area contributed by atoms with E-state index in [1.165, 1.54) is 0 Å². The van der Waals surface area contributed by atoms with Crippen molar-refractivity contribution in [3.63, 3.8) is 0 Å². The molecular weight excluding hydrogens is 278 g/mol. The number of fused-ring (bicyclic) bond motifs is 1. The fourth-order valence-electron chi connectivity index (χ4n) is 2.71. The molecule has 0 saturated heterocycles. The third kappa shape index (κ3) is 3.30. The van der Waals surface area contributed by atoms with Crippen molar-refractivity contribution in [1.82, 2.24) is 14.9 Å². The molecule has 0 spiro atoms. The molecule has 0 saturated carbocycles. The van der Waals surface area contributed by atoms with Crippen LogP contribution in [0.2, 0.25) is 0 Å². The van der Waals surface area contributed by atoms with Crippen LogP contribution < -0.4 is 10.1 Å². The van der Waals surface area contributed by atoms with Gasteiger partial charge in [0.15, 0.2) is 0 Å². The van der Waals surface area contributed by atoms with Crippen molar-refractivity contribution in [2.45, 2.75) is 39.3 Å². The van der Waals surface area contributed by atoms with Gasteiger partial charge in [-0.15, -0.1) is 0 Å². The minimum Gasteiger partial charge on any atom is -0.494 e. The smallest absolute Gasteiger partial charge is 0.271 e. The summed E-state index contributed by atoms with van der Waals surface area (Å²) in [5.41, 5.74) is 1.53. The highest BCUT2D eigenvalue weighted by atomic mass is 16.5. The first-order chi connectivity index (χ1) is 10.8. The molecule has 0 unspecified atom stereocenters. The van der Waals surface area contributed by atoms with E-state index in [2.05, 4.69) is 14.9 Å². The Bertz CT molecular complexity index is 640. The average Bonchev–Trinajstić information content (AvgIpc) is 2.97. The van der Waals surface area contributed by atoms with E-state index in [1.807, 2.05) is 37.4 Å². The van der Waals surface area contributed by atoms with E-state index < -0.39 is 0 Å². The Balaban J connectivity index is 1.62. The molecule has 1 amide bonds. The van der Waals surface area contributed by atoms with E-state index in [-0.39, 0.29) is 5.91 Å². The van der Waals surface area contributed by atoms with Gasteiger partial charge in [-0.25, -0.2) is 4.98 Å². The fourth-order valence-corrected chi connectivity index (χ4v) is 2.71. The molecule has 0 fully saturated rings. The summed E-state index contributed by atoms with van der Waals surface area (Å²) in [6.45, 7) is 4.03. The molecule has 5 heteroatoms. The molecule has 1 aliphatic rings. The number of nitrogens with zero attached hydrogens (tertiary/aromatic N) is 2. The van der Waals surface area contributed by atoms with Gasteiger partial charge in [-0.2, -0.15) is 0 Å². The minimum atomic E-state index is -0.122. The van der Waals surface area contributed by atoms with E-state index in [4.69, 9.17) is 4.74 Å². The molecule has 5 nitrogen and oxygen atoms in total. The summed E-state index contributed by atoms with van der Waals surface area (Å²) in [6, 6.07) is 7.77. The maximum absolute atomic E-state index is 12.2. The van der Waals surface area contributed by atoms with Crippen LogP contribution in [-0.2, 0) is 19.5 Å². The number of carbonyl (C=O) groups is 1. The predicted octanol–water partition coefficient (Wildman–Crippen LogP) is 2.55. The maximum Gasteiger partial charge on any atom is 0.271 e. The van der Waals surface area contributed by atoms with Gasteiger partial charge in [-0.3, -0.25) is 4.79 Å². The second-order valence-corrected chi connectivity index (χ2v) is 5.46. The number of aromatic nitrogens is 2. The summed E-state index contributed by atoms with van der Waals surface area (Å²) in [4.78, 5) is 16.7. The first-order valence-corrected chi connectivity index (χ1v) is 7.82. The van der Waals surface area contributed by atoms with Crippen LogP contribution in [0.1, 0.15) is 41.6 Å². The first kappa shape index (κ1) is 14.6. The van der Waals surface area contributed by atoms with E-state index in [0.717, 1.165) is 42.9 Å². The second-order valence-electron chi connectivity index (χ2n) is 5.46. The first-order valence-electron chi connectivity index (χ1n) is 7.82. The van der Waals surface area contributed by atoms with Crippen molar-refractivity contribution >= 4 is 5.91 Å². The SMILES string of the molecule is CCOc1cccc(CNC(=O)c2cn3c(n2)CCCC3)c1. The fraction of sp³-hybridized carbons (Fsp3) is 0.412. The summed E-state index contributed by atoms with van der Waals surface area (Å²) in [6.07, 6.45) is 5.14. The minimum absolute atomic E-state index is 0.122. The third-order valence-corrected chi connectivity index (χ3v) is 3.80. The molecule has 1 aromatic heterocycles. The van der Waals surface area contributed by atoms with Crippen LogP contribution in [0.25, 0.3) is 0 Å². The number of imidazole rings is 1. The second kappa shape index (κ2) is 6.64. The molecule has 0 aliphatic carbocycles. The Labute approximate surface area is 130 Å². The monoisotopic (exact) mass is 299 g/mol. The van der Waals surface area contributed by atoms with E-state index in [9.17, 15) is 4.79 Å². The summed E-state index contributed by atoms with van der Waals surface area (Å²) in [5, 5.41) is 2.92. The molecule has 2 heterocycles. The Morgan fingerprint density at radius 3 is 3.14 bits per heavy atom. The van der Waals surface area contributed by atoms with E-state index in [0.29, 0.717) is 18.8 Å². The normalized spacial score (nSPS) is 13.5. The standard InChI is InChI=1S/C17H21N3O2/c1-2-22-14-7-5-6-13(10-14)11-18-17(21)15-12-20-9-4-3-8-16(20)19-15/h5-7,10,12H,2-4,8-9,11H2,1H3,(H,18,21). The predicted molar refractivity (Wildman–Crippen MR) is 83.9 cm³/mol. The largest absolute Gasteiger partial charge is 0.494 e. The van der Waals surface area contributed by atoms with Crippen LogP contribution >= 0.6 is 0 Å². The zero-order valence-electron chi connectivity index (χ0n) is 12.8. The molecule has 0 radical (unpaired) electrons. The molecular formula is C17H21N3O2. The quantitative estimate of drug-likeness (QED) is 0.923. The van der Waals surface area contributed by atoms with Gasteiger partial charge in [0.2, 0.25) is 0 Å². The van der Waals surface area contributed by atoms with Gasteiger partial charge in [-0.1, -0.05) is 12.1 Å². The number of benzene rings is 1. The zero-order valence-corrected chi connectivity index (χ0v) is 12.8. The Morgan fingerprint density at radius 1 is 1.41 bits per heavy atom. The van der Waals surface area contributed by atoms with Gasteiger partial charge in [0.1, 0.15) is 17.3 Å². The number of ether oxygens (including phenoxy) is 1. The Morgan fingerprint density at radius 2 is 2.32 bits per heavy atom. The van der Waals surface area contributed by atoms with Crippen molar-refractivity contribution in [2.75, 3.05) is 6.61 Å². The van der Waals surface area contributed by atoms with Crippen molar-refractivity contribution in [3.05, 3.63) is 47.5 Å². The molecule has 1 aliphatic heterocycles. The molecule has 1 N–H and O–H groups in total. The molecule has 2 aromatic rings. The lowest BCUT2D eigenvalue weighted by atomic mass is 10.2. The maximum atomic E-state index is 12.2. The van der Waals surface area contributed by atoms with Crippen LogP contribution in [-0.4, -0.2) is 22.1 Å². The number of amides is 1. The molecule has 1 aromatic carbocycles. The van der Waals surface area contributed by atoms with Gasteiger partial charge in [-0.05, 0) is 37.5 Å². The summed E-state index contributed by atoms with van der Waals surface area (Å²) in [5.74, 6) is 1.73. The highest BCUT2D eigenvalue weighted by Gasteiger charge is 2.16. The highest BCUT2D eigenvalue weighted by Crippen LogP contribution is 2.15. The number of aryl methyl sites for hydroxylation is 2. The van der Waals surface area contributed by atoms with Crippen molar-refractivity contribution in [2.24, 2.45) is 0 Å². The number of hydrogen-bond donors (Lipinski definition) is 1. The van der Waals surface area contributed by atoms with Crippen LogP contribution in [0.3, 0.4) is 0 Å². The molecule has 116 valence electrons. The lowest BCUT2D eigenvalue weighted by molar-refractivity contribution is 0.0946. The molecule has 0 atom stereocenters. The average molecular weight is 299 g/mol. The van der Waals surface area contributed by atoms with Crippen LogP contribution in [0.4, 0.5) is 0 Å².